The zero-order valence-corrected chi connectivity index (χ0v) is 26.5. The normalized spacial score (nSPS) is 13.1. The van der Waals surface area contributed by atoms with Crippen molar-refractivity contribution in [2.24, 2.45) is 5.41 Å². The highest BCUT2D eigenvalue weighted by molar-refractivity contribution is 7.86. The van der Waals surface area contributed by atoms with E-state index in [-0.39, 0.29) is 47.9 Å². The van der Waals surface area contributed by atoms with Crippen molar-refractivity contribution in [1.82, 2.24) is 0 Å². The summed E-state index contributed by atoms with van der Waals surface area (Å²) in [5.74, 6) is 0. The second kappa shape index (κ2) is 12.7. The van der Waals surface area contributed by atoms with Gasteiger partial charge in [-0.1, -0.05) is 72.8 Å². The molecule has 45 heavy (non-hydrogen) atoms. The van der Waals surface area contributed by atoms with E-state index in [0.717, 1.165) is 24.3 Å². The Morgan fingerprint density at radius 3 is 0.711 bits per heavy atom. The van der Waals surface area contributed by atoms with Crippen LogP contribution in [0.1, 0.15) is 22.3 Å². The summed E-state index contributed by atoms with van der Waals surface area (Å²) in [7, 11) is -19.3. The first-order valence-electron chi connectivity index (χ1n) is 13.0. The first-order chi connectivity index (χ1) is 20.8. The van der Waals surface area contributed by atoms with Crippen molar-refractivity contribution in [3.8, 4) is 0 Å². The molecule has 4 rings (SSSR count). The third-order valence-corrected chi connectivity index (χ3v) is 11.1. The van der Waals surface area contributed by atoms with Gasteiger partial charge in [-0.3, -0.25) is 18.2 Å². The predicted molar refractivity (Wildman–Crippen MR) is 162 cm³/mol. The number of hydrogen-bond acceptors (Lipinski definition) is 8. The maximum Gasteiger partial charge on any atom is 0.294 e. The lowest BCUT2D eigenvalue weighted by Crippen LogP contribution is -2.34. The zero-order chi connectivity index (χ0) is 33.3. The van der Waals surface area contributed by atoms with Gasteiger partial charge in [-0.25, -0.2) is 0 Å². The second-order valence-corrected chi connectivity index (χ2v) is 16.1. The van der Waals surface area contributed by atoms with E-state index < -0.39 is 65.5 Å². The highest BCUT2D eigenvalue weighted by atomic mass is 32.2. The van der Waals surface area contributed by atoms with E-state index >= 15 is 0 Å². The standard InChI is InChI=1S/C29H28O12S4/c30-42(31,32)25-13-5-1-9-21(25)17-29(18-22-10-2-6-14-26(22)43(33,34)35,19-23-11-3-7-15-27(23)44(36,37)38)20-24-12-4-8-16-28(24)45(39,40)41/h1-16H,17-20H2,(H,30,31,32)(H,33,34,35)(H,36,37,38)(H,39,40,41). The van der Waals surface area contributed by atoms with Crippen LogP contribution in [0.25, 0.3) is 0 Å². The summed E-state index contributed by atoms with van der Waals surface area (Å²) in [5.41, 5.74) is -1.50. The lowest BCUT2D eigenvalue weighted by atomic mass is 9.68. The highest BCUT2D eigenvalue weighted by Crippen LogP contribution is 2.41. The number of rotatable bonds is 12. The average Bonchev–Trinajstić information content (AvgIpc) is 2.92. The van der Waals surface area contributed by atoms with Gasteiger partial charge < -0.3 is 0 Å². The van der Waals surface area contributed by atoms with Crippen LogP contribution in [0.2, 0.25) is 0 Å². The van der Waals surface area contributed by atoms with Gasteiger partial charge in [-0.15, -0.1) is 0 Å². The molecule has 0 atom stereocenters. The third kappa shape index (κ3) is 8.42. The summed E-state index contributed by atoms with van der Waals surface area (Å²) in [4.78, 5) is -2.04. The molecule has 0 saturated heterocycles. The van der Waals surface area contributed by atoms with E-state index in [0.29, 0.717) is 0 Å². The fraction of sp³-hybridized carbons (Fsp3) is 0.172. The van der Waals surface area contributed by atoms with Crippen LogP contribution in [0.5, 0.6) is 0 Å². The van der Waals surface area contributed by atoms with Crippen LogP contribution >= 0.6 is 0 Å². The molecule has 0 spiro atoms. The van der Waals surface area contributed by atoms with E-state index in [1.54, 1.807) is 0 Å². The zero-order valence-electron chi connectivity index (χ0n) is 23.3. The summed E-state index contributed by atoms with van der Waals surface area (Å²) in [5, 5.41) is 0. The molecule has 0 unspecified atom stereocenters. The Bertz CT molecular complexity index is 1860. The van der Waals surface area contributed by atoms with E-state index in [9.17, 15) is 51.9 Å². The minimum absolute atomic E-state index is 0.0120. The van der Waals surface area contributed by atoms with Crippen LogP contribution in [0, 0.1) is 5.41 Å². The molecule has 4 aromatic carbocycles. The van der Waals surface area contributed by atoms with Crippen LogP contribution in [0.15, 0.2) is 117 Å². The Morgan fingerprint density at radius 2 is 0.533 bits per heavy atom. The lowest BCUT2D eigenvalue weighted by Gasteiger charge is -2.36. The molecular weight excluding hydrogens is 669 g/mol. The smallest absolute Gasteiger partial charge is 0.282 e. The van der Waals surface area contributed by atoms with Crippen molar-refractivity contribution in [3.63, 3.8) is 0 Å². The Hall–Kier alpha value is -3.48. The predicted octanol–water partition coefficient (Wildman–Crippen LogP) is 3.93. The first kappa shape index (κ1) is 34.4. The van der Waals surface area contributed by atoms with E-state index in [2.05, 4.69) is 0 Å². The van der Waals surface area contributed by atoms with Crippen molar-refractivity contribution in [2.75, 3.05) is 0 Å². The van der Waals surface area contributed by atoms with E-state index in [4.69, 9.17) is 0 Å². The van der Waals surface area contributed by atoms with Crippen molar-refractivity contribution in [2.45, 2.75) is 45.3 Å². The molecule has 0 aromatic heterocycles. The minimum Gasteiger partial charge on any atom is -0.282 e. The summed E-state index contributed by atoms with van der Waals surface area (Å²) < 4.78 is 139. The highest BCUT2D eigenvalue weighted by Gasteiger charge is 2.37. The monoisotopic (exact) mass is 696 g/mol. The first-order valence-corrected chi connectivity index (χ1v) is 18.8. The fourth-order valence-corrected chi connectivity index (χ4v) is 8.49. The van der Waals surface area contributed by atoms with Crippen LogP contribution in [-0.2, 0) is 66.2 Å². The molecule has 16 heteroatoms. The second-order valence-electron chi connectivity index (χ2n) is 10.5. The fourth-order valence-electron chi connectivity index (χ4n) is 5.60. The minimum atomic E-state index is -4.83. The largest absolute Gasteiger partial charge is 0.294 e. The average molecular weight is 697 g/mol. The molecule has 0 aliphatic heterocycles. The van der Waals surface area contributed by atoms with Crippen LogP contribution < -0.4 is 0 Å². The molecule has 0 heterocycles. The van der Waals surface area contributed by atoms with Gasteiger partial charge in [0.25, 0.3) is 40.5 Å². The van der Waals surface area contributed by atoms with Gasteiger partial charge in [0.15, 0.2) is 0 Å². The van der Waals surface area contributed by atoms with Crippen LogP contribution in [0.4, 0.5) is 0 Å². The maximum absolute atomic E-state index is 12.4. The molecule has 240 valence electrons. The molecule has 0 fully saturated rings. The van der Waals surface area contributed by atoms with Gasteiger partial charge in [0, 0.05) is 0 Å². The molecule has 0 aliphatic carbocycles. The van der Waals surface area contributed by atoms with E-state index in [1.165, 1.54) is 72.8 Å². The van der Waals surface area contributed by atoms with Gasteiger partial charge in [-0.2, -0.15) is 33.7 Å². The molecule has 0 amide bonds. The van der Waals surface area contributed by atoms with Crippen LogP contribution in [0.3, 0.4) is 0 Å². The van der Waals surface area contributed by atoms with Crippen molar-refractivity contribution >= 4 is 40.5 Å². The van der Waals surface area contributed by atoms with Crippen molar-refractivity contribution in [3.05, 3.63) is 119 Å². The van der Waals surface area contributed by atoms with Gasteiger partial charge in [0.05, 0.1) is 19.6 Å². The summed E-state index contributed by atoms with van der Waals surface area (Å²) in [6.07, 6.45) is -1.38. The summed E-state index contributed by atoms with van der Waals surface area (Å²) >= 11 is 0. The van der Waals surface area contributed by atoms with Gasteiger partial charge in [0.2, 0.25) is 0 Å². The molecule has 0 bridgehead atoms. The van der Waals surface area contributed by atoms with Crippen LogP contribution in [-0.4, -0.2) is 51.9 Å². The molecule has 0 aliphatic rings. The van der Waals surface area contributed by atoms with Gasteiger partial charge >= 0.3 is 0 Å². The molecule has 0 radical (unpaired) electrons. The van der Waals surface area contributed by atoms with Crippen molar-refractivity contribution in [1.29, 1.82) is 0 Å². The Balaban J connectivity index is 2.10. The Morgan fingerprint density at radius 1 is 0.356 bits per heavy atom. The molecule has 0 saturated carbocycles. The van der Waals surface area contributed by atoms with Crippen molar-refractivity contribution < 1.29 is 51.9 Å². The Labute approximate surface area is 261 Å². The van der Waals surface area contributed by atoms with Gasteiger partial charge in [0.1, 0.15) is 0 Å². The summed E-state index contributed by atoms with van der Waals surface area (Å²) in [6.45, 7) is 0. The third-order valence-electron chi connectivity index (χ3n) is 7.26. The van der Waals surface area contributed by atoms with E-state index in [1.807, 2.05) is 0 Å². The molecule has 12 nitrogen and oxygen atoms in total. The summed E-state index contributed by atoms with van der Waals surface area (Å²) in [6, 6.07) is 21.3. The lowest BCUT2D eigenvalue weighted by molar-refractivity contribution is 0.267. The topological polar surface area (TPSA) is 217 Å². The molecule has 4 N–H and O–H groups in total. The number of hydrogen-bond donors (Lipinski definition) is 4. The molecule has 4 aromatic rings. The Kier molecular flexibility index (Phi) is 9.73. The maximum atomic E-state index is 12.4. The quantitative estimate of drug-likeness (QED) is 0.155. The number of benzene rings is 4. The molecular formula is C29H28O12S4. The SMILES string of the molecule is O=S(=O)(O)c1ccccc1CC(Cc1ccccc1S(=O)(=O)O)(Cc1ccccc1S(=O)(=O)O)Cc1ccccc1S(=O)(=O)O. The van der Waals surface area contributed by atoms with Gasteiger partial charge in [-0.05, 0) is 77.6 Å².